The number of carboxylic acid groups (broad SMARTS) is 1. The van der Waals surface area contributed by atoms with E-state index in [0.29, 0.717) is 26.1 Å². The zero-order chi connectivity index (χ0) is 13.8. The number of aliphatic carboxylic acids is 1. The van der Waals surface area contributed by atoms with Crippen LogP contribution < -0.4 is 0 Å². The van der Waals surface area contributed by atoms with Crippen LogP contribution in [-0.4, -0.2) is 63.5 Å². The van der Waals surface area contributed by atoms with E-state index >= 15 is 0 Å². The maximum absolute atomic E-state index is 12.1. The van der Waals surface area contributed by atoms with Crippen molar-refractivity contribution >= 4 is 28.9 Å². The van der Waals surface area contributed by atoms with Crippen molar-refractivity contribution in [3.05, 3.63) is 0 Å². The van der Waals surface area contributed by atoms with E-state index in [4.69, 9.17) is 5.11 Å². The first-order valence-corrected chi connectivity index (χ1v) is 7.52. The fraction of sp³-hybridized carbons (Fsp3) is 0.750. The van der Waals surface area contributed by atoms with Gasteiger partial charge in [-0.3, -0.25) is 9.59 Å². The Labute approximate surface area is 116 Å². The number of amides is 2. The third-order valence-electron chi connectivity index (χ3n) is 3.55. The molecule has 2 fully saturated rings. The summed E-state index contributed by atoms with van der Waals surface area (Å²) in [5.74, 6) is -0.313. The predicted molar refractivity (Wildman–Crippen MR) is 71.0 cm³/mol. The van der Waals surface area contributed by atoms with Crippen LogP contribution in [-0.2, 0) is 9.59 Å². The van der Waals surface area contributed by atoms with Gasteiger partial charge in [-0.05, 0) is 19.3 Å². The van der Waals surface area contributed by atoms with Crippen LogP contribution in [0.2, 0.25) is 0 Å². The van der Waals surface area contributed by atoms with Gasteiger partial charge in [0.15, 0.2) is 0 Å². The molecule has 6 nitrogen and oxygen atoms in total. The smallest absolute Gasteiger partial charge is 0.326 e. The fourth-order valence-electron chi connectivity index (χ4n) is 2.49. The Balaban J connectivity index is 1.87. The molecule has 19 heavy (non-hydrogen) atoms. The van der Waals surface area contributed by atoms with Crippen molar-refractivity contribution < 1.29 is 19.5 Å². The molecule has 0 spiro atoms. The van der Waals surface area contributed by atoms with Crippen LogP contribution in [0.3, 0.4) is 0 Å². The lowest BCUT2D eigenvalue weighted by Crippen LogP contribution is -2.48. The maximum Gasteiger partial charge on any atom is 0.326 e. The molecule has 2 rings (SSSR count). The third kappa shape index (κ3) is 3.40. The van der Waals surface area contributed by atoms with E-state index in [-0.39, 0.29) is 17.6 Å². The van der Waals surface area contributed by atoms with Crippen molar-refractivity contribution in [1.29, 1.82) is 0 Å². The first-order chi connectivity index (χ1) is 9.09. The van der Waals surface area contributed by atoms with Crippen molar-refractivity contribution in [2.75, 3.05) is 25.4 Å². The van der Waals surface area contributed by atoms with E-state index in [1.807, 2.05) is 0 Å². The third-order valence-corrected chi connectivity index (χ3v) is 4.44. The van der Waals surface area contributed by atoms with Gasteiger partial charge < -0.3 is 14.9 Å². The molecule has 2 amide bonds. The molecule has 1 N–H and O–H groups in total. The van der Waals surface area contributed by atoms with Gasteiger partial charge in [0.25, 0.3) is 5.24 Å². The lowest BCUT2D eigenvalue weighted by Gasteiger charge is -2.33. The van der Waals surface area contributed by atoms with E-state index in [2.05, 4.69) is 0 Å². The second-order valence-corrected chi connectivity index (χ2v) is 5.83. The van der Waals surface area contributed by atoms with E-state index in [1.54, 1.807) is 4.90 Å². The Morgan fingerprint density at radius 3 is 2.74 bits per heavy atom. The summed E-state index contributed by atoms with van der Waals surface area (Å²) in [5, 5.41) is 9.13. The van der Waals surface area contributed by atoms with Gasteiger partial charge in [-0.2, -0.15) is 0 Å². The normalized spacial score (nSPS) is 23.8. The highest BCUT2D eigenvalue weighted by Crippen LogP contribution is 2.20. The van der Waals surface area contributed by atoms with E-state index in [1.165, 1.54) is 16.7 Å². The number of nitrogens with zero attached hydrogens (tertiary/aromatic N) is 2. The Hall–Kier alpha value is -1.24. The fourth-order valence-corrected chi connectivity index (χ4v) is 3.34. The molecule has 106 valence electrons. The molecule has 0 bridgehead atoms. The monoisotopic (exact) mass is 286 g/mol. The topological polar surface area (TPSA) is 77.9 Å². The molecular formula is C12H18N2O4S. The van der Waals surface area contributed by atoms with Gasteiger partial charge in [0.05, 0.1) is 0 Å². The number of carbonyl (C=O) groups excluding carboxylic acids is 2. The van der Waals surface area contributed by atoms with Crippen LogP contribution in [0.4, 0.5) is 4.79 Å². The molecule has 0 aromatic rings. The molecule has 2 aliphatic heterocycles. The molecule has 2 heterocycles. The average molecular weight is 286 g/mol. The zero-order valence-electron chi connectivity index (χ0n) is 10.7. The quantitative estimate of drug-likeness (QED) is 0.834. The Kier molecular flexibility index (Phi) is 4.68. The average Bonchev–Trinajstić information content (AvgIpc) is 2.81. The molecule has 0 saturated carbocycles. The number of rotatable bonds is 4. The van der Waals surface area contributed by atoms with Gasteiger partial charge in [-0.1, -0.05) is 11.8 Å². The van der Waals surface area contributed by atoms with Crippen LogP contribution in [0, 0.1) is 0 Å². The highest BCUT2D eigenvalue weighted by molar-refractivity contribution is 8.13. The Bertz CT molecular complexity index is 388. The first-order valence-electron chi connectivity index (χ1n) is 6.53. The minimum atomic E-state index is -0.930. The molecule has 0 aromatic carbocycles. The summed E-state index contributed by atoms with van der Waals surface area (Å²) >= 11 is 1.27. The van der Waals surface area contributed by atoms with Crippen LogP contribution in [0.15, 0.2) is 0 Å². The van der Waals surface area contributed by atoms with E-state index in [9.17, 15) is 14.4 Å². The summed E-state index contributed by atoms with van der Waals surface area (Å²) in [6, 6.07) is -0.690. The Morgan fingerprint density at radius 2 is 2.11 bits per heavy atom. The second-order valence-electron chi connectivity index (χ2n) is 4.79. The molecule has 2 aliphatic rings. The molecule has 7 heteroatoms. The summed E-state index contributed by atoms with van der Waals surface area (Å²) in [6.45, 7) is 1.59. The van der Waals surface area contributed by atoms with E-state index < -0.39 is 12.0 Å². The zero-order valence-corrected chi connectivity index (χ0v) is 11.5. The SMILES string of the molecule is O=C(O)[C@@H]1CCCCN1C(=O)CCN1CCSC1=O. The largest absolute Gasteiger partial charge is 0.480 e. The number of carbonyl (C=O) groups is 3. The summed E-state index contributed by atoms with van der Waals surface area (Å²) in [5.41, 5.74) is 0. The lowest BCUT2D eigenvalue weighted by atomic mass is 10.0. The van der Waals surface area contributed by atoms with Gasteiger partial charge >= 0.3 is 5.97 Å². The Morgan fingerprint density at radius 1 is 1.32 bits per heavy atom. The van der Waals surface area contributed by atoms with Crippen LogP contribution in [0.25, 0.3) is 0 Å². The summed E-state index contributed by atoms with van der Waals surface area (Å²) in [7, 11) is 0. The molecule has 0 aromatic heterocycles. The van der Waals surface area contributed by atoms with Crippen LogP contribution >= 0.6 is 11.8 Å². The number of hydrogen-bond donors (Lipinski definition) is 1. The highest BCUT2D eigenvalue weighted by Gasteiger charge is 2.32. The number of likely N-dealkylation sites (tertiary alicyclic amines) is 1. The van der Waals surface area contributed by atoms with Gasteiger partial charge in [-0.15, -0.1) is 0 Å². The van der Waals surface area contributed by atoms with Crippen molar-refractivity contribution in [3.8, 4) is 0 Å². The number of hydrogen-bond acceptors (Lipinski definition) is 4. The second kappa shape index (κ2) is 6.27. The first kappa shape index (κ1) is 14.2. The van der Waals surface area contributed by atoms with Gasteiger partial charge in [0, 0.05) is 31.8 Å². The number of piperidine rings is 1. The van der Waals surface area contributed by atoms with Gasteiger partial charge in [-0.25, -0.2) is 4.79 Å². The predicted octanol–water partition coefficient (Wildman–Crippen LogP) is 1.01. The van der Waals surface area contributed by atoms with Gasteiger partial charge in [0.2, 0.25) is 5.91 Å². The standard InChI is InChI=1S/C12H18N2O4S/c15-10(4-6-13-7-8-19-12(13)18)14-5-2-1-3-9(14)11(16)17/h9H,1-8H2,(H,16,17)/t9-/m0/s1. The van der Waals surface area contributed by atoms with Crippen molar-refractivity contribution in [1.82, 2.24) is 9.80 Å². The van der Waals surface area contributed by atoms with Crippen molar-refractivity contribution in [3.63, 3.8) is 0 Å². The van der Waals surface area contributed by atoms with E-state index in [0.717, 1.165) is 18.6 Å². The molecular weight excluding hydrogens is 268 g/mol. The van der Waals surface area contributed by atoms with Crippen molar-refractivity contribution in [2.24, 2.45) is 0 Å². The summed E-state index contributed by atoms with van der Waals surface area (Å²) < 4.78 is 0. The summed E-state index contributed by atoms with van der Waals surface area (Å²) in [4.78, 5) is 37.7. The molecule has 0 aliphatic carbocycles. The number of carboxylic acids is 1. The minimum Gasteiger partial charge on any atom is -0.480 e. The lowest BCUT2D eigenvalue weighted by molar-refractivity contribution is -0.152. The van der Waals surface area contributed by atoms with Crippen LogP contribution in [0.5, 0.6) is 0 Å². The molecule has 2 saturated heterocycles. The maximum atomic E-state index is 12.1. The van der Waals surface area contributed by atoms with Gasteiger partial charge in [0.1, 0.15) is 6.04 Å². The summed E-state index contributed by atoms with van der Waals surface area (Å²) in [6.07, 6.45) is 2.45. The minimum absolute atomic E-state index is 0.0150. The number of thioether (sulfide) groups is 1. The van der Waals surface area contributed by atoms with Crippen molar-refractivity contribution in [2.45, 2.75) is 31.7 Å². The highest BCUT2D eigenvalue weighted by atomic mass is 32.2. The molecule has 0 unspecified atom stereocenters. The molecule has 1 atom stereocenters. The molecule has 0 radical (unpaired) electrons. The van der Waals surface area contributed by atoms with Crippen LogP contribution in [0.1, 0.15) is 25.7 Å².